The van der Waals surface area contributed by atoms with E-state index >= 15 is 0 Å². The smallest absolute Gasteiger partial charge is 0.311 e. The minimum absolute atomic E-state index is 0.194. The number of hydrogen-bond acceptors (Lipinski definition) is 4. The minimum atomic E-state index is -0.194. The van der Waals surface area contributed by atoms with Gasteiger partial charge in [-0.15, -0.1) is 0 Å². The van der Waals surface area contributed by atoms with Crippen molar-refractivity contribution < 1.29 is 9.53 Å². The van der Waals surface area contributed by atoms with Crippen molar-refractivity contribution in [3.05, 3.63) is 41.7 Å². The normalized spacial score (nSPS) is 16.5. The molecule has 1 aromatic carbocycles. The second-order valence-corrected chi connectivity index (χ2v) is 6.43. The van der Waals surface area contributed by atoms with Crippen molar-refractivity contribution in [1.29, 1.82) is 0 Å². The number of esters is 1. The second-order valence-electron chi connectivity index (χ2n) is 6.43. The van der Waals surface area contributed by atoms with Crippen molar-refractivity contribution in [3.63, 3.8) is 0 Å². The summed E-state index contributed by atoms with van der Waals surface area (Å²) < 4.78 is 5.28. The number of aryl methyl sites for hydroxylation is 1. The van der Waals surface area contributed by atoms with Crippen LogP contribution in [0.5, 0.6) is 5.75 Å². The molecule has 1 atom stereocenters. The standard InChI is InChI=1S/C20H24N2O2/c1-3-5-19(23)24-17-9-7-15(8-10-17)20-21-13-16-12-14(4-2)6-11-18(16)22-20/h7-10,13-14H,3-6,11-12H2,1-2H3. The van der Waals surface area contributed by atoms with Gasteiger partial charge in [0.25, 0.3) is 0 Å². The Labute approximate surface area is 143 Å². The van der Waals surface area contributed by atoms with Crippen LogP contribution in [0.1, 0.15) is 50.8 Å². The fraction of sp³-hybridized carbons (Fsp3) is 0.450. The fourth-order valence-electron chi connectivity index (χ4n) is 3.13. The number of carbonyl (C=O) groups excluding carboxylic acids is 1. The minimum Gasteiger partial charge on any atom is -0.427 e. The molecule has 0 radical (unpaired) electrons. The summed E-state index contributed by atoms with van der Waals surface area (Å²) in [6.07, 6.45) is 7.78. The summed E-state index contributed by atoms with van der Waals surface area (Å²) in [6.45, 7) is 4.21. The van der Waals surface area contributed by atoms with Gasteiger partial charge in [0.1, 0.15) is 5.75 Å². The predicted octanol–water partition coefficient (Wildman–Crippen LogP) is 4.36. The predicted molar refractivity (Wildman–Crippen MR) is 93.8 cm³/mol. The summed E-state index contributed by atoms with van der Waals surface area (Å²) in [7, 11) is 0. The Balaban J connectivity index is 1.74. The van der Waals surface area contributed by atoms with Gasteiger partial charge in [-0.2, -0.15) is 0 Å². The molecule has 24 heavy (non-hydrogen) atoms. The van der Waals surface area contributed by atoms with E-state index in [1.54, 1.807) is 12.1 Å². The summed E-state index contributed by atoms with van der Waals surface area (Å²) in [5, 5.41) is 0. The van der Waals surface area contributed by atoms with Crippen molar-refractivity contribution >= 4 is 5.97 Å². The van der Waals surface area contributed by atoms with Crippen molar-refractivity contribution in [2.24, 2.45) is 5.92 Å². The number of benzene rings is 1. The van der Waals surface area contributed by atoms with Crippen LogP contribution in [-0.4, -0.2) is 15.9 Å². The molecule has 0 amide bonds. The highest BCUT2D eigenvalue weighted by atomic mass is 16.5. The van der Waals surface area contributed by atoms with Crippen LogP contribution in [0.3, 0.4) is 0 Å². The lowest BCUT2D eigenvalue weighted by Gasteiger charge is -2.22. The molecule has 0 saturated heterocycles. The van der Waals surface area contributed by atoms with Crippen LogP contribution < -0.4 is 4.74 Å². The van der Waals surface area contributed by atoms with Crippen LogP contribution in [0.2, 0.25) is 0 Å². The summed E-state index contributed by atoms with van der Waals surface area (Å²) >= 11 is 0. The zero-order valence-corrected chi connectivity index (χ0v) is 14.4. The van der Waals surface area contributed by atoms with Crippen LogP contribution in [0.25, 0.3) is 11.4 Å². The Hall–Kier alpha value is -2.23. The first-order chi connectivity index (χ1) is 11.7. The van der Waals surface area contributed by atoms with Crippen molar-refractivity contribution in [1.82, 2.24) is 9.97 Å². The first-order valence-electron chi connectivity index (χ1n) is 8.85. The number of fused-ring (bicyclic) bond motifs is 1. The monoisotopic (exact) mass is 324 g/mol. The zero-order valence-electron chi connectivity index (χ0n) is 14.4. The maximum absolute atomic E-state index is 11.5. The fourth-order valence-corrected chi connectivity index (χ4v) is 3.13. The molecule has 1 aromatic heterocycles. The van der Waals surface area contributed by atoms with E-state index < -0.39 is 0 Å². The summed E-state index contributed by atoms with van der Waals surface area (Å²) in [5.41, 5.74) is 3.43. The van der Waals surface area contributed by atoms with Crippen molar-refractivity contribution in [3.8, 4) is 17.1 Å². The molecule has 1 unspecified atom stereocenters. The molecule has 1 aliphatic carbocycles. The highest BCUT2D eigenvalue weighted by Crippen LogP contribution is 2.28. The quantitative estimate of drug-likeness (QED) is 0.605. The molecule has 0 bridgehead atoms. The first-order valence-corrected chi connectivity index (χ1v) is 8.85. The van der Waals surface area contributed by atoms with Gasteiger partial charge in [-0.05, 0) is 61.4 Å². The largest absolute Gasteiger partial charge is 0.427 e. The molecule has 0 spiro atoms. The van der Waals surface area contributed by atoms with E-state index in [0.717, 1.165) is 36.6 Å². The van der Waals surface area contributed by atoms with Gasteiger partial charge in [-0.1, -0.05) is 20.3 Å². The van der Waals surface area contributed by atoms with Crippen LogP contribution in [0.15, 0.2) is 30.5 Å². The molecule has 3 rings (SSSR count). The third-order valence-corrected chi connectivity index (χ3v) is 4.63. The molecular formula is C20H24N2O2. The Morgan fingerprint density at radius 3 is 2.75 bits per heavy atom. The van der Waals surface area contributed by atoms with E-state index in [0.29, 0.717) is 12.2 Å². The number of carbonyl (C=O) groups is 1. The van der Waals surface area contributed by atoms with E-state index in [2.05, 4.69) is 11.9 Å². The number of rotatable bonds is 5. The molecular weight excluding hydrogens is 300 g/mol. The van der Waals surface area contributed by atoms with Gasteiger partial charge in [0.05, 0.1) is 0 Å². The van der Waals surface area contributed by atoms with Crippen LogP contribution >= 0.6 is 0 Å². The molecule has 126 valence electrons. The number of nitrogens with zero attached hydrogens (tertiary/aromatic N) is 2. The zero-order chi connectivity index (χ0) is 16.9. The van der Waals surface area contributed by atoms with E-state index in [9.17, 15) is 4.79 Å². The Morgan fingerprint density at radius 1 is 1.25 bits per heavy atom. The number of hydrogen-bond donors (Lipinski definition) is 0. The van der Waals surface area contributed by atoms with Gasteiger partial charge in [-0.25, -0.2) is 9.97 Å². The van der Waals surface area contributed by atoms with Crippen molar-refractivity contribution in [2.45, 2.75) is 52.4 Å². The summed E-state index contributed by atoms with van der Waals surface area (Å²) in [5.74, 6) is 1.89. The lowest BCUT2D eigenvalue weighted by Crippen LogP contribution is -2.15. The topological polar surface area (TPSA) is 52.1 Å². The molecule has 1 aliphatic rings. The van der Waals surface area contributed by atoms with E-state index in [-0.39, 0.29) is 5.97 Å². The average molecular weight is 324 g/mol. The molecule has 0 aliphatic heterocycles. The van der Waals surface area contributed by atoms with E-state index in [4.69, 9.17) is 9.72 Å². The van der Waals surface area contributed by atoms with Gasteiger partial charge in [0.2, 0.25) is 0 Å². The second kappa shape index (κ2) is 7.56. The molecule has 1 heterocycles. The molecule has 4 heteroatoms. The third-order valence-electron chi connectivity index (χ3n) is 4.63. The molecule has 0 fully saturated rings. The van der Waals surface area contributed by atoms with E-state index in [1.807, 2.05) is 25.3 Å². The molecule has 0 N–H and O–H groups in total. The van der Waals surface area contributed by atoms with E-state index in [1.165, 1.54) is 24.1 Å². The maximum atomic E-state index is 11.5. The maximum Gasteiger partial charge on any atom is 0.311 e. The number of aromatic nitrogens is 2. The lowest BCUT2D eigenvalue weighted by atomic mass is 9.86. The Bertz CT molecular complexity index is 710. The molecule has 4 nitrogen and oxygen atoms in total. The number of ether oxygens (including phenoxy) is 1. The Morgan fingerprint density at radius 2 is 2.04 bits per heavy atom. The highest BCUT2D eigenvalue weighted by Gasteiger charge is 2.19. The van der Waals surface area contributed by atoms with Crippen LogP contribution in [-0.2, 0) is 17.6 Å². The van der Waals surface area contributed by atoms with Gasteiger partial charge in [0, 0.05) is 23.9 Å². The summed E-state index contributed by atoms with van der Waals surface area (Å²) in [6, 6.07) is 7.43. The SMILES string of the molecule is CCCC(=O)Oc1ccc(-c2ncc3c(n2)CCC(CC)C3)cc1. The van der Waals surface area contributed by atoms with Gasteiger partial charge < -0.3 is 4.74 Å². The average Bonchev–Trinajstić information content (AvgIpc) is 2.61. The highest BCUT2D eigenvalue weighted by molar-refractivity contribution is 5.72. The van der Waals surface area contributed by atoms with Crippen LogP contribution in [0.4, 0.5) is 0 Å². The third kappa shape index (κ3) is 3.81. The molecule has 0 saturated carbocycles. The van der Waals surface area contributed by atoms with Gasteiger partial charge in [-0.3, -0.25) is 4.79 Å². The summed E-state index contributed by atoms with van der Waals surface area (Å²) in [4.78, 5) is 20.8. The Kier molecular flexibility index (Phi) is 5.24. The van der Waals surface area contributed by atoms with Crippen molar-refractivity contribution in [2.75, 3.05) is 0 Å². The van der Waals surface area contributed by atoms with Crippen LogP contribution in [0, 0.1) is 5.92 Å². The van der Waals surface area contributed by atoms with Gasteiger partial charge >= 0.3 is 5.97 Å². The lowest BCUT2D eigenvalue weighted by molar-refractivity contribution is -0.134. The van der Waals surface area contributed by atoms with Gasteiger partial charge in [0.15, 0.2) is 5.82 Å². The molecule has 2 aromatic rings. The first kappa shape index (κ1) is 16.6.